The molecule has 0 unspecified atom stereocenters. The lowest BCUT2D eigenvalue weighted by Crippen LogP contribution is -2.11. The Labute approximate surface area is 144 Å². The van der Waals surface area contributed by atoms with Gasteiger partial charge in [-0.1, -0.05) is 28.1 Å². The van der Waals surface area contributed by atoms with E-state index in [4.69, 9.17) is 4.74 Å². The highest BCUT2D eigenvalue weighted by Crippen LogP contribution is 2.25. The highest BCUT2D eigenvalue weighted by molar-refractivity contribution is 9.10. The zero-order valence-corrected chi connectivity index (χ0v) is 14.0. The molecule has 0 amide bonds. The predicted molar refractivity (Wildman–Crippen MR) is 88.0 cm³/mol. The molecular formula is C17H11BrF2N2O2. The normalized spacial score (nSPS) is 10.7. The fraction of sp³-hybridized carbons (Fsp3) is 0.0588. The molecule has 0 atom stereocenters. The number of esters is 1. The van der Waals surface area contributed by atoms with Crippen LogP contribution in [-0.2, 0) is 4.74 Å². The van der Waals surface area contributed by atoms with E-state index in [2.05, 4.69) is 21.0 Å². The second kappa shape index (κ2) is 6.52. The molecule has 0 aliphatic carbocycles. The zero-order chi connectivity index (χ0) is 17.3. The highest BCUT2D eigenvalue weighted by atomic mass is 79.9. The molecule has 0 N–H and O–H groups in total. The summed E-state index contributed by atoms with van der Waals surface area (Å²) in [6, 6.07) is 11.8. The Morgan fingerprint density at radius 1 is 1.12 bits per heavy atom. The van der Waals surface area contributed by atoms with E-state index in [9.17, 15) is 13.6 Å². The number of halogens is 3. The summed E-state index contributed by atoms with van der Waals surface area (Å²) in [4.78, 5) is 12.0. The molecule has 3 rings (SSSR count). The topological polar surface area (TPSA) is 44.1 Å². The molecule has 3 aromatic rings. The van der Waals surface area contributed by atoms with E-state index >= 15 is 0 Å². The van der Waals surface area contributed by atoms with Gasteiger partial charge < -0.3 is 4.74 Å². The molecule has 4 nitrogen and oxygen atoms in total. The van der Waals surface area contributed by atoms with Crippen LogP contribution in [0.3, 0.4) is 0 Å². The van der Waals surface area contributed by atoms with Gasteiger partial charge in [-0.05, 0) is 30.3 Å². The minimum Gasteiger partial charge on any atom is -0.464 e. The Balaban J connectivity index is 2.17. The van der Waals surface area contributed by atoms with Crippen LogP contribution in [0.5, 0.6) is 0 Å². The fourth-order valence-electron chi connectivity index (χ4n) is 2.23. The van der Waals surface area contributed by atoms with Crippen LogP contribution >= 0.6 is 15.9 Å². The van der Waals surface area contributed by atoms with E-state index in [1.165, 1.54) is 19.2 Å². The molecule has 0 spiro atoms. The van der Waals surface area contributed by atoms with Gasteiger partial charge in [0.15, 0.2) is 11.5 Å². The number of rotatable bonds is 3. The van der Waals surface area contributed by atoms with Crippen molar-refractivity contribution in [3.8, 4) is 16.9 Å². The van der Waals surface area contributed by atoms with Gasteiger partial charge in [0.2, 0.25) is 0 Å². The summed E-state index contributed by atoms with van der Waals surface area (Å²) in [6.07, 6.45) is 0. The maximum Gasteiger partial charge on any atom is 0.356 e. The smallest absolute Gasteiger partial charge is 0.356 e. The molecule has 1 heterocycles. The lowest BCUT2D eigenvalue weighted by Gasteiger charge is -2.07. The standard InChI is InChI=1S/C17H11BrF2N2O2/c1-24-17(23)16-9-14(10-2-4-11(18)5-3-10)21-22(16)15-7-6-12(19)8-13(15)20/h2-9H,1H3. The van der Waals surface area contributed by atoms with Gasteiger partial charge in [-0.25, -0.2) is 18.3 Å². The summed E-state index contributed by atoms with van der Waals surface area (Å²) >= 11 is 3.34. The first kappa shape index (κ1) is 16.3. The number of aromatic nitrogens is 2. The number of carbonyl (C=O) groups excluding carboxylic acids is 1. The first-order valence-corrected chi connectivity index (χ1v) is 7.68. The molecule has 122 valence electrons. The minimum atomic E-state index is -0.828. The van der Waals surface area contributed by atoms with Crippen molar-refractivity contribution >= 4 is 21.9 Å². The molecule has 0 aliphatic rings. The number of hydrogen-bond donors (Lipinski definition) is 0. The van der Waals surface area contributed by atoms with Crippen LogP contribution in [0, 0.1) is 11.6 Å². The van der Waals surface area contributed by atoms with Crippen LogP contribution in [0.2, 0.25) is 0 Å². The van der Waals surface area contributed by atoms with Gasteiger partial charge in [-0.2, -0.15) is 5.10 Å². The number of carbonyl (C=O) groups is 1. The van der Waals surface area contributed by atoms with Crippen LogP contribution < -0.4 is 0 Å². The van der Waals surface area contributed by atoms with Crippen molar-refractivity contribution in [1.82, 2.24) is 9.78 Å². The summed E-state index contributed by atoms with van der Waals surface area (Å²) in [5.74, 6) is -2.21. The average Bonchev–Trinajstić information content (AvgIpc) is 2.99. The van der Waals surface area contributed by atoms with Gasteiger partial charge in [0.05, 0.1) is 12.8 Å². The molecular weight excluding hydrogens is 382 g/mol. The maximum absolute atomic E-state index is 14.1. The van der Waals surface area contributed by atoms with Crippen molar-refractivity contribution in [1.29, 1.82) is 0 Å². The summed E-state index contributed by atoms with van der Waals surface area (Å²) in [6.45, 7) is 0. The maximum atomic E-state index is 14.1. The van der Waals surface area contributed by atoms with Gasteiger partial charge in [-0.15, -0.1) is 0 Å². The summed E-state index contributed by atoms with van der Waals surface area (Å²) in [7, 11) is 1.22. The summed E-state index contributed by atoms with van der Waals surface area (Å²) < 4.78 is 33.9. The Morgan fingerprint density at radius 3 is 2.46 bits per heavy atom. The van der Waals surface area contributed by atoms with Gasteiger partial charge in [0.1, 0.15) is 11.5 Å². The van der Waals surface area contributed by atoms with Crippen LogP contribution in [0.4, 0.5) is 8.78 Å². The SMILES string of the molecule is COC(=O)c1cc(-c2ccc(Br)cc2)nn1-c1ccc(F)cc1F. The molecule has 0 aliphatic heterocycles. The number of benzene rings is 2. The second-order valence-corrected chi connectivity index (χ2v) is 5.84. The first-order valence-electron chi connectivity index (χ1n) is 6.89. The third-order valence-corrected chi connectivity index (χ3v) is 3.91. The lowest BCUT2D eigenvalue weighted by atomic mass is 10.1. The van der Waals surface area contributed by atoms with Crippen molar-refractivity contribution in [3.63, 3.8) is 0 Å². The average molecular weight is 393 g/mol. The van der Waals surface area contributed by atoms with E-state index in [0.717, 1.165) is 26.9 Å². The van der Waals surface area contributed by atoms with E-state index in [1.807, 2.05) is 12.1 Å². The third kappa shape index (κ3) is 3.07. The summed E-state index contributed by atoms with van der Waals surface area (Å²) in [5, 5.41) is 4.28. The molecule has 0 saturated heterocycles. The fourth-order valence-corrected chi connectivity index (χ4v) is 2.49. The van der Waals surface area contributed by atoms with Gasteiger partial charge >= 0.3 is 5.97 Å². The molecule has 2 aromatic carbocycles. The van der Waals surface area contributed by atoms with Gasteiger partial charge in [0, 0.05) is 16.1 Å². The Morgan fingerprint density at radius 2 is 1.83 bits per heavy atom. The van der Waals surface area contributed by atoms with Crippen molar-refractivity contribution < 1.29 is 18.3 Å². The monoisotopic (exact) mass is 392 g/mol. The molecule has 1 aromatic heterocycles. The Kier molecular flexibility index (Phi) is 4.44. The Bertz CT molecular complexity index is 907. The molecule has 0 radical (unpaired) electrons. The number of methoxy groups -OCH3 is 1. The van der Waals surface area contributed by atoms with Crippen LogP contribution in [-0.4, -0.2) is 22.9 Å². The zero-order valence-electron chi connectivity index (χ0n) is 12.5. The first-order chi connectivity index (χ1) is 11.5. The van der Waals surface area contributed by atoms with Crippen molar-refractivity contribution in [2.75, 3.05) is 7.11 Å². The third-order valence-electron chi connectivity index (χ3n) is 3.38. The highest BCUT2D eigenvalue weighted by Gasteiger charge is 2.20. The quantitative estimate of drug-likeness (QED) is 0.621. The van der Waals surface area contributed by atoms with Crippen molar-refractivity contribution in [3.05, 3.63) is 70.3 Å². The van der Waals surface area contributed by atoms with E-state index < -0.39 is 17.6 Å². The van der Waals surface area contributed by atoms with Crippen LogP contribution in [0.25, 0.3) is 16.9 Å². The van der Waals surface area contributed by atoms with Crippen LogP contribution in [0.1, 0.15) is 10.5 Å². The van der Waals surface area contributed by atoms with E-state index in [1.54, 1.807) is 12.1 Å². The van der Waals surface area contributed by atoms with Crippen molar-refractivity contribution in [2.45, 2.75) is 0 Å². The molecule has 24 heavy (non-hydrogen) atoms. The molecule has 0 fully saturated rings. The van der Waals surface area contributed by atoms with Crippen LogP contribution in [0.15, 0.2) is 53.0 Å². The van der Waals surface area contributed by atoms with E-state index in [-0.39, 0.29) is 11.4 Å². The molecule has 7 heteroatoms. The summed E-state index contributed by atoms with van der Waals surface area (Å²) in [5.41, 5.74) is 1.21. The van der Waals surface area contributed by atoms with Gasteiger partial charge in [-0.3, -0.25) is 0 Å². The van der Waals surface area contributed by atoms with Gasteiger partial charge in [0.25, 0.3) is 0 Å². The second-order valence-electron chi connectivity index (χ2n) is 4.92. The predicted octanol–water partition coefficient (Wildman–Crippen LogP) is 4.37. The Hall–Kier alpha value is -2.54. The minimum absolute atomic E-state index is 0.0415. The molecule has 0 saturated carbocycles. The lowest BCUT2D eigenvalue weighted by molar-refractivity contribution is 0.0590. The number of nitrogens with zero attached hydrogens (tertiary/aromatic N) is 2. The largest absolute Gasteiger partial charge is 0.464 e. The number of hydrogen-bond acceptors (Lipinski definition) is 3. The number of ether oxygens (including phenoxy) is 1. The van der Waals surface area contributed by atoms with E-state index in [0.29, 0.717) is 5.69 Å². The molecule has 0 bridgehead atoms. The van der Waals surface area contributed by atoms with Crippen molar-refractivity contribution in [2.24, 2.45) is 0 Å².